The maximum atomic E-state index is 12.4. The van der Waals surface area contributed by atoms with Gasteiger partial charge in [0.2, 0.25) is 11.8 Å². The molecule has 2 aliphatic rings. The smallest absolute Gasteiger partial charge is 0.236 e. The number of nitrogens with zero attached hydrogens (tertiary/aromatic N) is 2. The van der Waals surface area contributed by atoms with Gasteiger partial charge in [-0.25, -0.2) is 0 Å². The molecule has 1 aromatic heterocycles. The molecule has 1 N–H and O–H groups in total. The Hall–Kier alpha value is -1.44. The van der Waals surface area contributed by atoms with E-state index in [-0.39, 0.29) is 24.0 Å². The third kappa shape index (κ3) is 4.80. The number of piperidine rings is 1. The van der Waals surface area contributed by atoms with E-state index in [0.29, 0.717) is 19.6 Å². The third-order valence-corrected chi connectivity index (χ3v) is 6.00. The van der Waals surface area contributed by atoms with Crippen LogP contribution in [0.5, 0.6) is 0 Å². The molecular weight excluding hydrogens is 338 g/mol. The topological polar surface area (TPSA) is 61.9 Å². The number of ether oxygens (including phenoxy) is 1. The number of carbonyl (C=O) groups excluding carboxylic acids is 2. The van der Waals surface area contributed by atoms with Crippen LogP contribution in [-0.2, 0) is 20.7 Å². The second-order valence-corrected chi connectivity index (χ2v) is 7.98. The molecule has 7 heteroatoms. The minimum atomic E-state index is -0.0958. The summed E-state index contributed by atoms with van der Waals surface area (Å²) in [6.45, 7) is 2.85. The highest BCUT2D eigenvalue weighted by atomic mass is 32.1. The number of hydrogen-bond acceptors (Lipinski definition) is 5. The highest BCUT2D eigenvalue weighted by Gasteiger charge is 2.27. The first-order valence-corrected chi connectivity index (χ1v) is 9.80. The molecule has 1 aromatic rings. The molecule has 0 radical (unpaired) electrons. The SMILES string of the molecule is CN(C)C(=O)CN1CCC(NC(=O)CC2OCCc3ccsc32)CC1. The first kappa shape index (κ1) is 18.4. The van der Waals surface area contributed by atoms with Gasteiger partial charge in [-0.1, -0.05) is 0 Å². The van der Waals surface area contributed by atoms with Crippen molar-refractivity contribution in [3.63, 3.8) is 0 Å². The molecule has 0 saturated carbocycles. The zero-order valence-corrected chi connectivity index (χ0v) is 15.8. The zero-order chi connectivity index (χ0) is 17.8. The monoisotopic (exact) mass is 365 g/mol. The van der Waals surface area contributed by atoms with E-state index in [1.54, 1.807) is 30.3 Å². The second-order valence-electron chi connectivity index (χ2n) is 7.03. The molecule has 3 heterocycles. The molecule has 6 nitrogen and oxygen atoms in total. The van der Waals surface area contributed by atoms with Crippen LogP contribution in [0.3, 0.4) is 0 Å². The Morgan fingerprint density at radius 1 is 1.36 bits per heavy atom. The van der Waals surface area contributed by atoms with Gasteiger partial charge in [0.15, 0.2) is 0 Å². The van der Waals surface area contributed by atoms with Crippen LogP contribution in [0.1, 0.15) is 35.8 Å². The van der Waals surface area contributed by atoms with Crippen LogP contribution in [0.2, 0.25) is 0 Å². The fourth-order valence-electron chi connectivity index (χ4n) is 3.40. The molecule has 0 aliphatic carbocycles. The van der Waals surface area contributed by atoms with Gasteiger partial charge in [0, 0.05) is 38.1 Å². The Morgan fingerprint density at radius 3 is 2.84 bits per heavy atom. The maximum Gasteiger partial charge on any atom is 0.236 e. The molecule has 1 saturated heterocycles. The lowest BCUT2D eigenvalue weighted by atomic mass is 10.0. The first-order chi connectivity index (χ1) is 12.0. The fourth-order valence-corrected chi connectivity index (χ4v) is 4.40. The van der Waals surface area contributed by atoms with E-state index >= 15 is 0 Å². The maximum absolute atomic E-state index is 12.4. The van der Waals surface area contributed by atoms with Gasteiger partial charge in [-0.2, -0.15) is 0 Å². The minimum Gasteiger partial charge on any atom is -0.372 e. The number of nitrogens with one attached hydrogen (secondary N) is 1. The third-order valence-electron chi connectivity index (χ3n) is 4.94. The Bertz CT molecular complexity index is 608. The number of likely N-dealkylation sites (N-methyl/N-ethyl adjacent to an activating group) is 1. The zero-order valence-electron chi connectivity index (χ0n) is 15.0. The summed E-state index contributed by atoms with van der Waals surface area (Å²) in [5.41, 5.74) is 1.33. The summed E-state index contributed by atoms with van der Waals surface area (Å²) in [7, 11) is 3.56. The minimum absolute atomic E-state index is 0.0640. The van der Waals surface area contributed by atoms with Crippen molar-refractivity contribution in [3.05, 3.63) is 21.9 Å². The van der Waals surface area contributed by atoms with E-state index < -0.39 is 0 Å². The predicted octanol–water partition coefficient (Wildman–Crippen LogP) is 1.42. The first-order valence-electron chi connectivity index (χ1n) is 8.92. The van der Waals surface area contributed by atoms with Crippen LogP contribution >= 0.6 is 11.3 Å². The average Bonchev–Trinajstić information content (AvgIpc) is 3.06. The van der Waals surface area contributed by atoms with Gasteiger partial charge in [-0.3, -0.25) is 14.5 Å². The lowest BCUT2D eigenvalue weighted by Crippen LogP contribution is -2.47. The number of hydrogen-bond donors (Lipinski definition) is 1. The number of likely N-dealkylation sites (tertiary alicyclic amines) is 1. The molecule has 2 aliphatic heterocycles. The van der Waals surface area contributed by atoms with Gasteiger partial charge < -0.3 is 15.0 Å². The van der Waals surface area contributed by atoms with Crippen LogP contribution < -0.4 is 5.32 Å². The van der Waals surface area contributed by atoms with Crippen LogP contribution in [0.15, 0.2) is 11.4 Å². The molecule has 138 valence electrons. The number of fused-ring (bicyclic) bond motifs is 1. The van der Waals surface area contributed by atoms with E-state index in [0.717, 1.165) is 32.4 Å². The Balaban J connectivity index is 1.42. The van der Waals surface area contributed by atoms with Crippen LogP contribution in [0, 0.1) is 0 Å². The molecule has 0 spiro atoms. The Morgan fingerprint density at radius 2 is 2.12 bits per heavy atom. The van der Waals surface area contributed by atoms with Gasteiger partial charge in [0.1, 0.15) is 6.10 Å². The van der Waals surface area contributed by atoms with Crippen molar-refractivity contribution in [2.24, 2.45) is 0 Å². The van der Waals surface area contributed by atoms with E-state index in [1.165, 1.54) is 10.4 Å². The Labute approximate surface area is 153 Å². The molecule has 3 rings (SSSR count). The van der Waals surface area contributed by atoms with Crippen molar-refractivity contribution in [2.75, 3.05) is 40.3 Å². The van der Waals surface area contributed by atoms with Gasteiger partial charge >= 0.3 is 0 Å². The molecule has 1 unspecified atom stereocenters. The molecule has 0 bridgehead atoms. The number of rotatable bonds is 5. The number of carbonyl (C=O) groups is 2. The second kappa shape index (κ2) is 8.29. The van der Waals surface area contributed by atoms with Gasteiger partial charge in [-0.15, -0.1) is 11.3 Å². The van der Waals surface area contributed by atoms with Crippen molar-refractivity contribution in [3.8, 4) is 0 Å². The van der Waals surface area contributed by atoms with Crippen LogP contribution in [-0.4, -0.2) is 68.0 Å². The van der Waals surface area contributed by atoms with E-state index in [4.69, 9.17) is 4.74 Å². The average molecular weight is 365 g/mol. The molecule has 1 fully saturated rings. The molecule has 25 heavy (non-hydrogen) atoms. The van der Waals surface area contributed by atoms with Crippen molar-refractivity contribution >= 4 is 23.2 Å². The van der Waals surface area contributed by atoms with Gasteiger partial charge in [0.05, 0.1) is 19.6 Å². The molecule has 1 atom stereocenters. The standard InChI is InChI=1S/C18H27N3O3S/c1-20(2)17(23)12-21-7-3-14(4-8-21)19-16(22)11-15-18-13(5-9-24-15)6-10-25-18/h6,10,14-15H,3-5,7-9,11-12H2,1-2H3,(H,19,22). The van der Waals surface area contributed by atoms with Crippen molar-refractivity contribution < 1.29 is 14.3 Å². The summed E-state index contributed by atoms with van der Waals surface area (Å²) < 4.78 is 5.80. The van der Waals surface area contributed by atoms with Gasteiger partial charge in [0.25, 0.3) is 0 Å². The van der Waals surface area contributed by atoms with Crippen LogP contribution in [0.25, 0.3) is 0 Å². The predicted molar refractivity (Wildman–Crippen MR) is 97.6 cm³/mol. The van der Waals surface area contributed by atoms with E-state index in [9.17, 15) is 9.59 Å². The number of amides is 2. The van der Waals surface area contributed by atoms with Crippen molar-refractivity contribution in [1.82, 2.24) is 15.1 Å². The quantitative estimate of drug-likeness (QED) is 0.857. The summed E-state index contributed by atoms with van der Waals surface area (Å²) in [5.74, 6) is 0.192. The highest BCUT2D eigenvalue weighted by Crippen LogP contribution is 2.33. The summed E-state index contributed by atoms with van der Waals surface area (Å²) in [4.78, 5) is 29.2. The molecular formula is C18H27N3O3S. The molecule has 0 aromatic carbocycles. The summed E-state index contributed by atoms with van der Waals surface area (Å²) in [6.07, 6.45) is 3.03. The van der Waals surface area contributed by atoms with Crippen LogP contribution in [0.4, 0.5) is 0 Å². The lowest BCUT2D eigenvalue weighted by Gasteiger charge is -2.32. The lowest BCUT2D eigenvalue weighted by molar-refractivity contribution is -0.130. The van der Waals surface area contributed by atoms with Crippen molar-refractivity contribution in [2.45, 2.75) is 37.8 Å². The summed E-state index contributed by atoms with van der Waals surface area (Å²) in [6, 6.07) is 2.34. The number of thiophene rings is 1. The summed E-state index contributed by atoms with van der Waals surface area (Å²) >= 11 is 1.68. The fraction of sp³-hybridized carbons (Fsp3) is 0.667. The Kier molecular flexibility index (Phi) is 6.09. The summed E-state index contributed by atoms with van der Waals surface area (Å²) in [5, 5.41) is 5.23. The van der Waals surface area contributed by atoms with Gasteiger partial charge in [-0.05, 0) is 36.3 Å². The highest BCUT2D eigenvalue weighted by molar-refractivity contribution is 7.10. The van der Waals surface area contributed by atoms with Crippen molar-refractivity contribution in [1.29, 1.82) is 0 Å². The van der Waals surface area contributed by atoms with E-state index in [1.807, 2.05) is 0 Å². The van der Waals surface area contributed by atoms with E-state index in [2.05, 4.69) is 21.7 Å². The largest absolute Gasteiger partial charge is 0.372 e. The molecule has 2 amide bonds. The normalized spacial score (nSPS) is 21.6.